The molecule has 9 aromatic carbocycles. The van der Waals surface area contributed by atoms with Gasteiger partial charge in [0.25, 0.3) is 0 Å². The van der Waals surface area contributed by atoms with Gasteiger partial charge in [0.2, 0.25) is 0 Å². The van der Waals surface area contributed by atoms with Crippen molar-refractivity contribution < 1.29 is 4.74 Å². The molecule has 1 aliphatic heterocycles. The highest BCUT2D eigenvalue weighted by Gasteiger charge is 2.51. The Morgan fingerprint density at radius 2 is 0.742 bits per heavy atom. The number of para-hydroxylation sites is 1. The average molecular weight is 791 g/mol. The second-order valence-corrected chi connectivity index (χ2v) is 16.1. The van der Waals surface area contributed by atoms with Crippen molar-refractivity contribution in [1.29, 1.82) is 0 Å². The maximum absolute atomic E-state index is 6.73. The van der Waals surface area contributed by atoms with Crippen molar-refractivity contribution in [2.45, 2.75) is 5.41 Å². The van der Waals surface area contributed by atoms with Gasteiger partial charge in [-0.3, -0.25) is 0 Å². The minimum Gasteiger partial charge on any atom is -0.457 e. The van der Waals surface area contributed by atoms with Crippen LogP contribution in [0, 0.1) is 0 Å². The lowest BCUT2D eigenvalue weighted by Gasteiger charge is -2.39. The number of fused-ring (bicyclic) bond motifs is 9. The van der Waals surface area contributed by atoms with E-state index in [1.807, 2.05) is 18.2 Å². The van der Waals surface area contributed by atoms with Crippen molar-refractivity contribution in [1.82, 2.24) is 9.97 Å². The molecule has 10 aromatic rings. The first-order valence-corrected chi connectivity index (χ1v) is 21.1. The average Bonchev–Trinajstić information content (AvgIpc) is 3.65. The van der Waals surface area contributed by atoms with Crippen LogP contribution in [-0.4, -0.2) is 9.97 Å². The second kappa shape index (κ2) is 14.5. The topological polar surface area (TPSA) is 35.0 Å². The summed E-state index contributed by atoms with van der Waals surface area (Å²) < 4.78 is 6.73. The lowest BCUT2D eigenvalue weighted by atomic mass is 9.66. The Balaban J connectivity index is 0.968. The zero-order chi connectivity index (χ0) is 41.0. The third-order valence-corrected chi connectivity index (χ3v) is 12.6. The minimum absolute atomic E-state index is 0.518. The first kappa shape index (κ1) is 35.8. The minimum atomic E-state index is -0.518. The highest BCUT2D eigenvalue weighted by Crippen LogP contribution is 2.62. The molecule has 0 amide bonds. The van der Waals surface area contributed by atoms with Crippen molar-refractivity contribution in [2.75, 3.05) is 0 Å². The fourth-order valence-electron chi connectivity index (χ4n) is 9.80. The molecule has 2 heterocycles. The largest absolute Gasteiger partial charge is 0.457 e. The Labute approximate surface area is 361 Å². The van der Waals surface area contributed by atoms with E-state index in [1.54, 1.807) is 0 Å². The summed E-state index contributed by atoms with van der Waals surface area (Å²) in [5, 5.41) is 0. The van der Waals surface area contributed by atoms with Crippen LogP contribution in [0.25, 0.3) is 78.4 Å². The molecule has 1 aliphatic carbocycles. The third kappa shape index (κ3) is 5.74. The molecule has 62 heavy (non-hydrogen) atoms. The van der Waals surface area contributed by atoms with Crippen LogP contribution < -0.4 is 4.74 Å². The summed E-state index contributed by atoms with van der Waals surface area (Å²) in [5.41, 5.74) is 18.5. The van der Waals surface area contributed by atoms with Gasteiger partial charge in [-0.2, -0.15) is 0 Å². The molecule has 1 spiro atoms. The summed E-state index contributed by atoms with van der Waals surface area (Å²) in [7, 11) is 0. The molecule has 2 aliphatic rings. The van der Waals surface area contributed by atoms with Crippen LogP contribution in [0.3, 0.4) is 0 Å². The first-order valence-electron chi connectivity index (χ1n) is 21.1. The van der Waals surface area contributed by atoms with Gasteiger partial charge < -0.3 is 4.74 Å². The smallest absolute Gasteiger partial charge is 0.160 e. The highest BCUT2D eigenvalue weighted by molar-refractivity contribution is 5.90. The van der Waals surface area contributed by atoms with Crippen LogP contribution in [0.4, 0.5) is 0 Å². The predicted molar refractivity (Wildman–Crippen MR) is 252 cm³/mol. The fourth-order valence-corrected chi connectivity index (χ4v) is 9.80. The zero-order valence-electron chi connectivity index (χ0n) is 33.7. The molecule has 3 nitrogen and oxygen atoms in total. The van der Waals surface area contributed by atoms with E-state index in [0.717, 1.165) is 78.5 Å². The van der Waals surface area contributed by atoms with Crippen molar-refractivity contribution in [3.05, 3.63) is 253 Å². The SMILES string of the molecule is c1ccc(-c2nc(-c3cccc(-c4cccc(-c5ccc6c(c5)C5(c7ccccc7O6)c6ccccc6-c6ccccc65)c4)c3)cc(-c3ccccc3-c3ccccc3)n2)cc1. The molecule has 290 valence electrons. The molecule has 0 saturated carbocycles. The number of hydrogen-bond acceptors (Lipinski definition) is 3. The Morgan fingerprint density at radius 3 is 1.42 bits per heavy atom. The van der Waals surface area contributed by atoms with E-state index in [9.17, 15) is 0 Å². The Hall–Kier alpha value is -8.14. The van der Waals surface area contributed by atoms with Gasteiger partial charge in [0.15, 0.2) is 5.82 Å². The molecule has 0 bridgehead atoms. The lowest BCUT2D eigenvalue weighted by Crippen LogP contribution is -2.32. The van der Waals surface area contributed by atoms with Gasteiger partial charge in [-0.15, -0.1) is 0 Å². The van der Waals surface area contributed by atoms with Gasteiger partial charge in [0.05, 0.1) is 16.8 Å². The van der Waals surface area contributed by atoms with E-state index in [4.69, 9.17) is 14.7 Å². The van der Waals surface area contributed by atoms with E-state index >= 15 is 0 Å². The van der Waals surface area contributed by atoms with Gasteiger partial charge in [-0.05, 0) is 92.0 Å². The molecule has 0 fully saturated rings. The van der Waals surface area contributed by atoms with Crippen molar-refractivity contribution >= 4 is 0 Å². The van der Waals surface area contributed by atoms with Gasteiger partial charge in [-0.25, -0.2) is 9.97 Å². The number of ether oxygens (including phenoxy) is 1. The van der Waals surface area contributed by atoms with Crippen LogP contribution in [0.2, 0.25) is 0 Å². The predicted octanol–water partition coefficient (Wildman–Crippen LogP) is 14.9. The molecular weight excluding hydrogens is 753 g/mol. The van der Waals surface area contributed by atoms with Gasteiger partial charge in [0.1, 0.15) is 11.5 Å². The van der Waals surface area contributed by atoms with Gasteiger partial charge in [-0.1, -0.05) is 194 Å². The van der Waals surface area contributed by atoms with E-state index in [0.29, 0.717) is 5.82 Å². The summed E-state index contributed by atoms with van der Waals surface area (Å²) >= 11 is 0. The summed E-state index contributed by atoms with van der Waals surface area (Å²) in [6.45, 7) is 0. The Bertz CT molecular complexity index is 3290. The molecule has 0 unspecified atom stereocenters. The highest BCUT2D eigenvalue weighted by atomic mass is 16.5. The van der Waals surface area contributed by atoms with Crippen LogP contribution in [0.15, 0.2) is 231 Å². The quantitative estimate of drug-likeness (QED) is 0.168. The maximum atomic E-state index is 6.73. The molecule has 1 aromatic heterocycles. The summed E-state index contributed by atoms with van der Waals surface area (Å²) in [5.74, 6) is 2.47. The lowest BCUT2D eigenvalue weighted by molar-refractivity contribution is 0.436. The Kier molecular flexibility index (Phi) is 8.39. The maximum Gasteiger partial charge on any atom is 0.160 e. The fraction of sp³-hybridized carbons (Fsp3) is 0.0169. The number of benzene rings is 9. The van der Waals surface area contributed by atoms with Crippen LogP contribution in [-0.2, 0) is 5.41 Å². The number of nitrogens with zero attached hydrogens (tertiary/aromatic N) is 2. The summed E-state index contributed by atoms with van der Waals surface area (Å²) in [6, 6.07) is 82.0. The van der Waals surface area contributed by atoms with Crippen molar-refractivity contribution in [2.24, 2.45) is 0 Å². The summed E-state index contributed by atoms with van der Waals surface area (Å²) in [6.07, 6.45) is 0. The van der Waals surface area contributed by atoms with Gasteiger partial charge in [0, 0.05) is 27.8 Å². The van der Waals surface area contributed by atoms with Crippen molar-refractivity contribution in [3.63, 3.8) is 0 Å². The van der Waals surface area contributed by atoms with Crippen molar-refractivity contribution in [3.8, 4) is 89.9 Å². The monoisotopic (exact) mass is 790 g/mol. The Morgan fingerprint density at radius 1 is 0.274 bits per heavy atom. The molecule has 0 radical (unpaired) electrons. The second-order valence-electron chi connectivity index (χ2n) is 16.1. The molecule has 3 heteroatoms. The van der Waals surface area contributed by atoms with Crippen LogP contribution in [0.5, 0.6) is 11.5 Å². The van der Waals surface area contributed by atoms with E-state index in [-0.39, 0.29) is 0 Å². The van der Waals surface area contributed by atoms with E-state index < -0.39 is 5.41 Å². The normalized spacial score (nSPS) is 12.8. The van der Waals surface area contributed by atoms with Crippen LogP contribution in [0.1, 0.15) is 22.3 Å². The summed E-state index contributed by atoms with van der Waals surface area (Å²) in [4.78, 5) is 10.4. The number of hydrogen-bond donors (Lipinski definition) is 0. The standard InChI is InChI=1S/C59H38N2O/c1-3-17-39(18-4-1)46-25-7-8-28-49(46)55-38-54(60-58(61-55)40-19-5-2-6-20-40)45-24-16-23-43(36-45)41-21-15-22-42(35-41)44-33-34-57-53(37-44)59(52-31-13-14-32-56(52)62-57)50-29-11-9-26-47(50)48-27-10-12-30-51(48)59/h1-38H. The van der Waals surface area contributed by atoms with Gasteiger partial charge >= 0.3 is 0 Å². The van der Waals surface area contributed by atoms with E-state index in [1.165, 1.54) is 27.8 Å². The molecule has 0 N–H and O–H groups in total. The molecule has 0 atom stereocenters. The molecule has 12 rings (SSSR count). The zero-order valence-corrected chi connectivity index (χ0v) is 33.7. The third-order valence-electron chi connectivity index (χ3n) is 12.6. The number of aromatic nitrogens is 2. The molecule has 0 saturated heterocycles. The van der Waals surface area contributed by atoms with E-state index in [2.05, 4.69) is 212 Å². The van der Waals surface area contributed by atoms with Crippen LogP contribution >= 0.6 is 0 Å². The first-order chi connectivity index (χ1) is 30.7. The molecular formula is C59H38N2O. The number of rotatable bonds is 6.